The number of hydrogen-bond acceptors (Lipinski definition) is 4. The van der Waals surface area contributed by atoms with Crippen molar-refractivity contribution in [3.05, 3.63) is 40.9 Å². The van der Waals surface area contributed by atoms with Gasteiger partial charge in [0, 0.05) is 12.6 Å². The van der Waals surface area contributed by atoms with Gasteiger partial charge in [0.05, 0.1) is 0 Å². The highest BCUT2D eigenvalue weighted by atomic mass is 16.4. The molecule has 0 fully saturated rings. The zero-order valence-electron chi connectivity index (χ0n) is 9.21. The van der Waals surface area contributed by atoms with E-state index in [0.717, 1.165) is 4.68 Å². The Morgan fingerprint density at radius 1 is 1.41 bits per heavy atom. The minimum atomic E-state index is -0.646. The smallest absolute Gasteiger partial charge is 0.388 e. The number of likely N-dealkylation sites (N-methyl/N-ethyl adjacent to an activating group) is 1. The Balaban J connectivity index is 2.31. The van der Waals surface area contributed by atoms with Crippen LogP contribution in [0.5, 0.6) is 0 Å². The van der Waals surface area contributed by atoms with E-state index in [1.165, 1.54) is 7.05 Å². The highest BCUT2D eigenvalue weighted by molar-refractivity contribution is 5.75. The molecule has 17 heavy (non-hydrogen) atoms. The van der Waals surface area contributed by atoms with E-state index in [1.54, 1.807) is 12.1 Å². The summed E-state index contributed by atoms with van der Waals surface area (Å²) in [5.74, 6) is -0.744. The summed E-state index contributed by atoms with van der Waals surface area (Å²) < 4.78 is 5.95. The molecule has 6 heteroatoms. The van der Waals surface area contributed by atoms with Crippen molar-refractivity contribution in [2.24, 2.45) is 0 Å². The molecular weight excluding hydrogens is 222 g/mol. The van der Waals surface area contributed by atoms with Crippen LogP contribution in [0.15, 0.2) is 39.5 Å². The molecule has 1 aromatic heterocycles. The van der Waals surface area contributed by atoms with E-state index in [2.05, 4.69) is 10.4 Å². The third-order valence-corrected chi connectivity index (χ3v) is 2.20. The average Bonchev–Trinajstić information content (AvgIpc) is 2.72. The molecule has 0 saturated heterocycles. The second kappa shape index (κ2) is 4.65. The summed E-state index contributed by atoms with van der Waals surface area (Å²) >= 11 is 0. The second-order valence-corrected chi connectivity index (χ2v) is 3.37. The Hall–Kier alpha value is -2.37. The molecule has 0 aliphatic rings. The fraction of sp³-hybridized carbons (Fsp3) is 0.182. The molecule has 0 bridgehead atoms. The lowest BCUT2D eigenvalue weighted by Gasteiger charge is -1.96. The van der Waals surface area contributed by atoms with Crippen molar-refractivity contribution in [2.45, 2.75) is 6.54 Å². The van der Waals surface area contributed by atoms with Crippen molar-refractivity contribution in [1.82, 2.24) is 15.1 Å². The Kier molecular flexibility index (Phi) is 3.04. The molecule has 1 heterocycles. The molecule has 2 rings (SSSR count). The van der Waals surface area contributed by atoms with Crippen LogP contribution in [0.1, 0.15) is 0 Å². The Labute approximate surface area is 96.9 Å². The fourth-order valence-electron chi connectivity index (χ4n) is 1.32. The zero-order valence-corrected chi connectivity index (χ0v) is 9.21. The first kappa shape index (κ1) is 11.1. The number of hydrogen-bond donors (Lipinski definition) is 1. The number of nitrogens with one attached hydrogen (secondary N) is 1. The van der Waals surface area contributed by atoms with Crippen LogP contribution in [0.25, 0.3) is 11.5 Å². The summed E-state index contributed by atoms with van der Waals surface area (Å²) in [6.45, 7) is -0.147. The highest BCUT2D eigenvalue weighted by Gasteiger charge is 2.11. The van der Waals surface area contributed by atoms with E-state index in [4.69, 9.17) is 4.42 Å². The van der Waals surface area contributed by atoms with Gasteiger partial charge in [-0.1, -0.05) is 18.2 Å². The van der Waals surface area contributed by atoms with E-state index in [9.17, 15) is 9.59 Å². The molecule has 0 aliphatic heterocycles. The predicted octanol–water partition coefficient (Wildman–Crippen LogP) is 0.249. The Morgan fingerprint density at radius 3 is 2.76 bits per heavy atom. The van der Waals surface area contributed by atoms with Crippen LogP contribution in [0.3, 0.4) is 0 Å². The molecule has 2 aromatic rings. The van der Waals surface area contributed by atoms with Crippen molar-refractivity contribution >= 4 is 5.91 Å². The van der Waals surface area contributed by atoms with Gasteiger partial charge in [-0.15, -0.1) is 5.10 Å². The van der Waals surface area contributed by atoms with Crippen molar-refractivity contribution in [2.75, 3.05) is 7.05 Å². The molecule has 0 atom stereocenters. The molecule has 6 nitrogen and oxygen atoms in total. The molecular formula is C11H11N3O3. The number of aromatic nitrogens is 2. The number of carbonyl (C=O) groups excluding carboxylic acids is 1. The molecule has 0 radical (unpaired) electrons. The van der Waals surface area contributed by atoms with E-state index in [1.807, 2.05) is 18.2 Å². The monoisotopic (exact) mass is 233 g/mol. The molecule has 0 unspecified atom stereocenters. The minimum absolute atomic E-state index is 0.147. The van der Waals surface area contributed by atoms with Gasteiger partial charge in [-0.3, -0.25) is 4.79 Å². The quantitative estimate of drug-likeness (QED) is 0.824. The maximum absolute atomic E-state index is 11.4. The summed E-state index contributed by atoms with van der Waals surface area (Å²) in [5, 5.41) is 6.35. The lowest BCUT2D eigenvalue weighted by molar-refractivity contribution is -0.121. The van der Waals surface area contributed by atoms with Gasteiger partial charge >= 0.3 is 5.76 Å². The van der Waals surface area contributed by atoms with Crippen molar-refractivity contribution in [1.29, 1.82) is 0 Å². The van der Waals surface area contributed by atoms with Crippen LogP contribution >= 0.6 is 0 Å². The van der Waals surface area contributed by atoms with Gasteiger partial charge in [0.25, 0.3) is 0 Å². The second-order valence-electron chi connectivity index (χ2n) is 3.37. The SMILES string of the molecule is CNC(=O)Cn1nc(-c2ccccc2)oc1=O. The molecule has 88 valence electrons. The van der Waals surface area contributed by atoms with Crippen molar-refractivity contribution < 1.29 is 9.21 Å². The summed E-state index contributed by atoms with van der Waals surface area (Å²) in [4.78, 5) is 22.5. The summed E-state index contributed by atoms with van der Waals surface area (Å²) in [7, 11) is 1.49. The van der Waals surface area contributed by atoms with Crippen LogP contribution in [0, 0.1) is 0 Å². The standard InChI is InChI=1S/C11H11N3O3/c1-12-9(15)7-14-11(16)17-10(13-14)8-5-3-2-4-6-8/h2-6H,7H2,1H3,(H,12,15). The molecule has 0 aliphatic carbocycles. The van der Waals surface area contributed by atoms with E-state index in [-0.39, 0.29) is 18.3 Å². The number of benzene rings is 1. The molecule has 1 aromatic carbocycles. The van der Waals surface area contributed by atoms with Crippen LogP contribution in [0.2, 0.25) is 0 Å². The zero-order chi connectivity index (χ0) is 12.3. The summed E-state index contributed by atoms with van der Waals surface area (Å²) in [6.07, 6.45) is 0. The van der Waals surface area contributed by atoms with E-state index < -0.39 is 5.76 Å². The Morgan fingerprint density at radius 2 is 2.12 bits per heavy atom. The largest absolute Gasteiger partial charge is 0.437 e. The molecule has 0 spiro atoms. The predicted molar refractivity (Wildman–Crippen MR) is 60.3 cm³/mol. The van der Waals surface area contributed by atoms with E-state index in [0.29, 0.717) is 5.56 Å². The first-order chi connectivity index (χ1) is 8.20. The first-order valence-electron chi connectivity index (χ1n) is 5.04. The molecule has 0 saturated carbocycles. The van der Waals surface area contributed by atoms with E-state index >= 15 is 0 Å². The van der Waals surface area contributed by atoms with Gasteiger partial charge in [-0.05, 0) is 12.1 Å². The number of rotatable bonds is 3. The third-order valence-electron chi connectivity index (χ3n) is 2.20. The fourth-order valence-corrected chi connectivity index (χ4v) is 1.32. The van der Waals surface area contributed by atoms with Gasteiger partial charge in [-0.2, -0.15) is 4.68 Å². The van der Waals surface area contributed by atoms with Gasteiger partial charge < -0.3 is 9.73 Å². The molecule has 1 N–H and O–H groups in total. The minimum Gasteiger partial charge on any atom is -0.388 e. The topological polar surface area (TPSA) is 77.1 Å². The third kappa shape index (κ3) is 2.41. The van der Waals surface area contributed by atoms with Crippen LogP contribution in [-0.4, -0.2) is 22.7 Å². The van der Waals surface area contributed by atoms with Gasteiger partial charge in [0.1, 0.15) is 6.54 Å². The number of amides is 1. The lowest BCUT2D eigenvalue weighted by atomic mass is 10.2. The lowest BCUT2D eigenvalue weighted by Crippen LogP contribution is -2.28. The van der Waals surface area contributed by atoms with Gasteiger partial charge in [0.2, 0.25) is 11.8 Å². The Bertz CT molecular complexity index is 571. The number of nitrogens with zero attached hydrogens (tertiary/aromatic N) is 2. The first-order valence-corrected chi connectivity index (χ1v) is 5.04. The number of carbonyl (C=O) groups is 1. The van der Waals surface area contributed by atoms with Gasteiger partial charge in [-0.25, -0.2) is 4.79 Å². The molecule has 1 amide bonds. The summed E-state index contributed by atoms with van der Waals surface area (Å²) in [5.41, 5.74) is 0.695. The normalized spacial score (nSPS) is 10.2. The van der Waals surface area contributed by atoms with Crippen LogP contribution in [-0.2, 0) is 11.3 Å². The maximum Gasteiger partial charge on any atom is 0.437 e. The van der Waals surface area contributed by atoms with Crippen molar-refractivity contribution in [3.8, 4) is 11.5 Å². The summed E-state index contributed by atoms with van der Waals surface area (Å²) in [6, 6.07) is 9.02. The van der Waals surface area contributed by atoms with Gasteiger partial charge in [0.15, 0.2) is 0 Å². The van der Waals surface area contributed by atoms with Crippen LogP contribution < -0.4 is 11.1 Å². The maximum atomic E-state index is 11.4. The van der Waals surface area contributed by atoms with Crippen LogP contribution in [0.4, 0.5) is 0 Å². The highest BCUT2D eigenvalue weighted by Crippen LogP contribution is 2.13. The van der Waals surface area contributed by atoms with Crippen molar-refractivity contribution in [3.63, 3.8) is 0 Å². The average molecular weight is 233 g/mol.